The van der Waals surface area contributed by atoms with Crippen LogP contribution in [0.3, 0.4) is 0 Å². The number of ether oxygens (including phenoxy) is 2. The molecule has 0 bridgehead atoms. The Labute approximate surface area is 160 Å². The molecule has 0 fully saturated rings. The van der Waals surface area contributed by atoms with Crippen molar-refractivity contribution in [1.29, 1.82) is 0 Å². The van der Waals surface area contributed by atoms with Crippen molar-refractivity contribution in [2.75, 3.05) is 14.2 Å². The number of methoxy groups -OCH3 is 2. The minimum absolute atomic E-state index is 0. The van der Waals surface area contributed by atoms with Crippen molar-refractivity contribution < 1.29 is 40.8 Å². The number of hydrogen-bond acceptors (Lipinski definition) is 2. The summed E-state index contributed by atoms with van der Waals surface area (Å²) in [5.41, 5.74) is 5.21. The number of hydrogen-bond donors (Lipinski definition) is 0. The third-order valence-corrected chi connectivity index (χ3v) is 3.90. The van der Waals surface area contributed by atoms with Crippen LogP contribution in [-0.2, 0) is 31.3 Å². The molecule has 0 spiro atoms. The number of fused-ring (bicyclic) bond motifs is 1. The minimum Gasteiger partial charge on any atom is 0 e. The van der Waals surface area contributed by atoms with Gasteiger partial charge in [0.05, 0.1) is 14.2 Å². The Morgan fingerprint density at radius 1 is 1.04 bits per heavy atom. The van der Waals surface area contributed by atoms with Crippen LogP contribution in [0.1, 0.15) is 49.3 Å². The molecule has 0 amide bonds. The van der Waals surface area contributed by atoms with Crippen molar-refractivity contribution in [3.63, 3.8) is 0 Å². The molecule has 0 unspecified atom stereocenters. The largest absolute Gasteiger partial charge is 0 e. The van der Waals surface area contributed by atoms with Crippen molar-refractivity contribution in [2.45, 2.75) is 39.5 Å². The van der Waals surface area contributed by atoms with Crippen LogP contribution in [0.2, 0.25) is 0 Å². The zero-order chi connectivity index (χ0) is 19.3. The van der Waals surface area contributed by atoms with E-state index in [4.69, 9.17) is 23.4 Å². The summed E-state index contributed by atoms with van der Waals surface area (Å²) in [5.74, 6) is 2.31. The van der Waals surface area contributed by atoms with Gasteiger partial charge >= 0.3 is 33.9 Å². The number of aryl methyl sites for hydroxylation is 1. The van der Waals surface area contributed by atoms with E-state index in [2.05, 4.69) is 52.9 Å². The molecule has 25 heavy (non-hydrogen) atoms. The standard InChI is InChI=1S/C16H22O2.3CO.Cr/c1-6-12-8-7-10(2)14-13(12)9-11(3)15(17-4)16(14)18-5;3*1-2;/h6,9-10H,7-8H2,1-5H3;;;;/b12-6+;;;;/t10-;;;;/m0..../s1. The second kappa shape index (κ2) is 15.8. The molecular formula is C19H22CrO5. The predicted octanol–water partition coefficient (Wildman–Crippen LogP) is 4.20. The predicted molar refractivity (Wildman–Crippen MR) is 87.4 cm³/mol. The van der Waals surface area contributed by atoms with Gasteiger partial charge in [-0.1, -0.05) is 13.0 Å². The fourth-order valence-corrected chi connectivity index (χ4v) is 2.95. The van der Waals surface area contributed by atoms with Crippen LogP contribution in [0.4, 0.5) is 0 Å². The van der Waals surface area contributed by atoms with E-state index >= 15 is 0 Å². The summed E-state index contributed by atoms with van der Waals surface area (Å²) in [5, 5.41) is 0. The van der Waals surface area contributed by atoms with Crippen molar-refractivity contribution in [3.05, 3.63) is 48.8 Å². The second-order valence-electron chi connectivity index (χ2n) is 4.97. The average Bonchev–Trinajstić information content (AvgIpc) is 2.66. The first-order chi connectivity index (χ1) is 11.6. The third kappa shape index (κ3) is 6.61. The van der Waals surface area contributed by atoms with Gasteiger partial charge in [0, 0.05) is 22.9 Å². The van der Waals surface area contributed by atoms with E-state index in [0.717, 1.165) is 23.5 Å². The van der Waals surface area contributed by atoms with Crippen LogP contribution < -0.4 is 9.47 Å². The minimum atomic E-state index is 0. The molecule has 0 saturated heterocycles. The average molecular weight is 382 g/mol. The van der Waals surface area contributed by atoms with E-state index < -0.39 is 0 Å². The van der Waals surface area contributed by atoms with Crippen molar-refractivity contribution in [1.82, 2.24) is 0 Å². The van der Waals surface area contributed by atoms with E-state index in [1.807, 2.05) is 0 Å². The van der Waals surface area contributed by atoms with Gasteiger partial charge in [0.2, 0.25) is 0 Å². The molecule has 134 valence electrons. The van der Waals surface area contributed by atoms with E-state index in [1.54, 1.807) is 14.2 Å². The zero-order valence-electron chi connectivity index (χ0n) is 15.1. The summed E-state index contributed by atoms with van der Waals surface area (Å²) in [4.78, 5) is 0. The number of benzene rings is 1. The van der Waals surface area contributed by atoms with Gasteiger partial charge in [-0.2, -0.15) is 0 Å². The molecule has 0 saturated carbocycles. The van der Waals surface area contributed by atoms with Crippen LogP contribution in [0, 0.1) is 26.9 Å². The number of rotatable bonds is 2. The van der Waals surface area contributed by atoms with Gasteiger partial charge < -0.3 is 9.47 Å². The molecule has 0 N–H and O–H groups in total. The van der Waals surface area contributed by atoms with Crippen LogP contribution >= 0.6 is 0 Å². The van der Waals surface area contributed by atoms with Crippen molar-refractivity contribution in [2.24, 2.45) is 0 Å². The second-order valence-corrected chi connectivity index (χ2v) is 4.97. The zero-order valence-corrected chi connectivity index (χ0v) is 16.4. The van der Waals surface area contributed by atoms with Gasteiger partial charge in [0.1, 0.15) is 0 Å². The van der Waals surface area contributed by atoms with E-state index in [0.29, 0.717) is 5.92 Å². The molecule has 0 heterocycles. The SMILES string of the molecule is C/C=C1\CC[C@H](C)c2c1cc(C)c(OC)c2OC.[C-]#[O+].[C-]#[O+].[C-]#[O+].[Cr]. The summed E-state index contributed by atoms with van der Waals surface area (Å²) in [6.45, 7) is 20.0. The molecule has 2 rings (SSSR count). The molecule has 6 heteroatoms. The van der Waals surface area contributed by atoms with Gasteiger partial charge in [-0.05, 0) is 55.4 Å². The Balaban J connectivity index is -0.000000626. The maximum atomic E-state index is 7.50. The molecule has 1 aromatic rings. The third-order valence-electron chi connectivity index (χ3n) is 3.90. The molecule has 5 nitrogen and oxygen atoms in total. The molecule has 1 aliphatic carbocycles. The fourth-order valence-electron chi connectivity index (χ4n) is 2.95. The molecule has 1 aliphatic rings. The van der Waals surface area contributed by atoms with Crippen molar-refractivity contribution >= 4 is 5.57 Å². The molecular weight excluding hydrogens is 360 g/mol. The summed E-state index contributed by atoms with van der Waals surface area (Å²) < 4.78 is 33.6. The molecule has 1 aromatic carbocycles. The van der Waals surface area contributed by atoms with Gasteiger partial charge in [-0.15, -0.1) is 0 Å². The Hall–Kier alpha value is -1.69. The van der Waals surface area contributed by atoms with Crippen LogP contribution in [-0.4, -0.2) is 14.2 Å². The number of allylic oxidation sites excluding steroid dienone is 2. The van der Waals surface area contributed by atoms with E-state index in [9.17, 15) is 0 Å². The van der Waals surface area contributed by atoms with Gasteiger partial charge in [0.25, 0.3) is 0 Å². The maximum Gasteiger partial charge on any atom is 0 e. The first-order valence-electron chi connectivity index (χ1n) is 7.16. The van der Waals surface area contributed by atoms with Crippen LogP contribution in [0.5, 0.6) is 11.5 Å². The summed E-state index contributed by atoms with van der Waals surface area (Å²) in [7, 11) is 3.44. The molecule has 0 aromatic heterocycles. The molecule has 0 radical (unpaired) electrons. The maximum absolute atomic E-state index is 7.50. The monoisotopic (exact) mass is 382 g/mol. The van der Waals surface area contributed by atoms with E-state index in [1.165, 1.54) is 23.1 Å². The summed E-state index contributed by atoms with van der Waals surface area (Å²) in [6.07, 6.45) is 4.55. The van der Waals surface area contributed by atoms with Gasteiger partial charge in [-0.3, -0.25) is 0 Å². The molecule has 1 atom stereocenters. The summed E-state index contributed by atoms with van der Waals surface area (Å²) in [6, 6.07) is 2.24. The van der Waals surface area contributed by atoms with Crippen LogP contribution in [0.15, 0.2) is 12.1 Å². The van der Waals surface area contributed by atoms with Gasteiger partial charge in [-0.25, -0.2) is 0 Å². The Kier molecular flexibility index (Phi) is 17.8. The first kappa shape index (κ1) is 28.1. The van der Waals surface area contributed by atoms with E-state index in [-0.39, 0.29) is 17.4 Å². The molecule has 0 aliphatic heterocycles. The first-order valence-corrected chi connectivity index (χ1v) is 7.16. The smallest absolute Gasteiger partial charge is 0 e. The normalized spacial score (nSPS) is 15.2. The topological polar surface area (TPSA) is 78.2 Å². The van der Waals surface area contributed by atoms with Crippen LogP contribution in [0.25, 0.3) is 5.57 Å². The quantitative estimate of drug-likeness (QED) is 0.568. The van der Waals surface area contributed by atoms with Crippen molar-refractivity contribution in [3.8, 4) is 11.5 Å². The Morgan fingerprint density at radius 3 is 1.92 bits per heavy atom. The Bertz CT molecular complexity index is 600. The Morgan fingerprint density at radius 2 is 1.52 bits per heavy atom. The summed E-state index contributed by atoms with van der Waals surface area (Å²) >= 11 is 0. The van der Waals surface area contributed by atoms with Gasteiger partial charge in [0.15, 0.2) is 11.5 Å². The fraction of sp³-hybridized carbons (Fsp3) is 0.421.